The zero-order chi connectivity index (χ0) is 45.3. The van der Waals surface area contributed by atoms with Crippen LogP contribution in [0.5, 0.6) is 11.5 Å². The second kappa shape index (κ2) is 17.1. The van der Waals surface area contributed by atoms with Crippen molar-refractivity contribution in [2.24, 2.45) is 0 Å². The van der Waals surface area contributed by atoms with Gasteiger partial charge in [0.15, 0.2) is 0 Å². The Morgan fingerprint density at radius 2 is 1.06 bits per heavy atom. The number of hydrogen-bond acceptors (Lipinski definition) is 4. The van der Waals surface area contributed by atoms with E-state index in [1.54, 1.807) is 0 Å². The van der Waals surface area contributed by atoms with Crippen molar-refractivity contribution in [3.63, 3.8) is 0 Å². The normalized spacial score (nSPS) is 13.0. The monoisotopic (exact) mass is 1040 g/mol. The second-order valence-electron chi connectivity index (χ2n) is 20.3. The van der Waals surface area contributed by atoms with Gasteiger partial charge in [0, 0.05) is 72.5 Å². The smallest absolute Gasteiger partial charge is 0.135 e. The zero-order valence-corrected chi connectivity index (χ0v) is 41.5. The fraction of sp³-hybridized carbons (Fsp3) is 0.200. The maximum atomic E-state index is 6.89. The Balaban J connectivity index is 0.00000548. The summed E-state index contributed by atoms with van der Waals surface area (Å²) >= 11 is 0. The molecule has 5 nitrogen and oxygen atoms in total. The zero-order valence-electron chi connectivity index (χ0n) is 39.2. The van der Waals surface area contributed by atoms with Crippen LogP contribution >= 0.6 is 0 Å². The fourth-order valence-corrected chi connectivity index (χ4v) is 8.93. The van der Waals surface area contributed by atoms with Crippen LogP contribution in [0.4, 0.5) is 22.7 Å². The molecule has 2 aromatic heterocycles. The summed E-state index contributed by atoms with van der Waals surface area (Å²) in [6.45, 7) is 22.5. The van der Waals surface area contributed by atoms with Crippen LogP contribution in [-0.4, -0.2) is 9.55 Å². The summed E-state index contributed by atoms with van der Waals surface area (Å²) in [4.78, 5) is 9.52. The summed E-state index contributed by atoms with van der Waals surface area (Å²) in [6.07, 6.45) is 1.91. The molecule has 334 valence electrons. The molecule has 6 heteroatoms. The van der Waals surface area contributed by atoms with Crippen LogP contribution in [-0.2, 0) is 37.3 Å². The van der Waals surface area contributed by atoms with Crippen molar-refractivity contribution in [3.05, 3.63) is 199 Å². The van der Waals surface area contributed by atoms with Gasteiger partial charge in [-0.05, 0) is 86.3 Å². The Morgan fingerprint density at radius 1 is 0.500 bits per heavy atom. The number of aromatic nitrogens is 2. The van der Waals surface area contributed by atoms with Crippen LogP contribution < -0.4 is 14.5 Å². The molecular weight excluding hydrogens is 988 g/mol. The molecule has 10 rings (SSSR count). The van der Waals surface area contributed by atoms with Crippen LogP contribution in [0.15, 0.2) is 164 Å². The number of benzene rings is 7. The van der Waals surface area contributed by atoms with E-state index in [2.05, 4.69) is 247 Å². The van der Waals surface area contributed by atoms with Crippen molar-refractivity contribution in [1.29, 1.82) is 0 Å². The van der Waals surface area contributed by atoms with E-state index >= 15 is 0 Å². The molecule has 9 aromatic rings. The molecule has 1 aliphatic rings. The minimum atomic E-state index is -0.186. The number of nitrogens with zero attached hydrogens (tertiary/aromatic N) is 4. The number of pyridine rings is 1. The molecule has 0 saturated carbocycles. The van der Waals surface area contributed by atoms with E-state index in [1.807, 2.05) is 12.3 Å². The van der Waals surface area contributed by atoms with Gasteiger partial charge < -0.3 is 19.1 Å². The molecule has 7 aromatic carbocycles. The Labute approximate surface area is 405 Å². The van der Waals surface area contributed by atoms with Gasteiger partial charge in [0.25, 0.3) is 0 Å². The molecule has 0 radical (unpaired) electrons. The summed E-state index contributed by atoms with van der Waals surface area (Å²) < 4.78 is 9.09. The van der Waals surface area contributed by atoms with Crippen molar-refractivity contribution >= 4 is 44.6 Å². The molecule has 0 aliphatic carbocycles. The van der Waals surface area contributed by atoms with Crippen LogP contribution in [0.25, 0.3) is 49.9 Å². The van der Waals surface area contributed by atoms with Crippen molar-refractivity contribution in [2.75, 3.05) is 9.80 Å². The molecule has 0 fully saturated rings. The first kappa shape index (κ1) is 44.8. The Hall–Kier alpha value is -6.42. The first-order valence-electron chi connectivity index (χ1n) is 22.6. The number of anilines is 4. The summed E-state index contributed by atoms with van der Waals surface area (Å²) in [5, 5.41) is 2.23. The van der Waals surface area contributed by atoms with Crippen molar-refractivity contribution in [3.8, 4) is 39.6 Å². The van der Waals surface area contributed by atoms with Crippen LogP contribution in [0.1, 0.15) is 79.0 Å². The third-order valence-corrected chi connectivity index (χ3v) is 12.6. The molecule has 0 spiro atoms. The minimum absolute atomic E-state index is 0. The fourth-order valence-electron chi connectivity index (χ4n) is 8.93. The van der Waals surface area contributed by atoms with Crippen LogP contribution in [0.2, 0.25) is 0 Å². The van der Waals surface area contributed by atoms with Crippen molar-refractivity contribution in [2.45, 2.75) is 78.6 Å². The van der Waals surface area contributed by atoms with Crippen LogP contribution in [0.3, 0.4) is 0 Å². The maximum absolute atomic E-state index is 6.89. The van der Waals surface area contributed by atoms with Crippen molar-refractivity contribution < 1.29 is 25.8 Å². The molecule has 0 unspecified atom stereocenters. The largest absolute Gasteiger partial charge is 0.509 e. The van der Waals surface area contributed by atoms with E-state index in [9.17, 15) is 0 Å². The van der Waals surface area contributed by atoms with E-state index < -0.39 is 0 Å². The minimum Gasteiger partial charge on any atom is -0.509 e. The molecule has 66 heavy (non-hydrogen) atoms. The number of rotatable bonds is 7. The summed E-state index contributed by atoms with van der Waals surface area (Å²) in [5.74, 6) is 2.08. The summed E-state index contributed by atoms with van der Waals surface area (Å²) in [5.41, 5.74) is 14.1. The Morgan fingerprint density at radius 3 is 1.68 bits per heavy atom. The van der Waals surface area contributed by atoms with Gasteiger partial charge in [0.2, 0.25) is 0 Å². The molecule has 0 amide bonds. The van der Waals surface area contributed by atoms with E-state index in [0.717, 1.165) is 67.1 Å². The third-order valence-electron chi connectivity index (χ3n) is 12.6. The van der Waals surface area contributed by atoms with Gasteiger partial charge >= 0.3 is 0 Å². The second-order valence-corrected chi connectivity index (χ2v) is 20.3. The predicted molar refractivity (Wildman–Crippen MR) is 271 cm³/mol. The average Bonchev–Trinajstić information content (AvgIpc) is 3.84. The van der Waals surface area contributed by atoms with E-state index in [-0.39, 0.29) is 37.3 Å². The van der Waals surface area contributed by atoms with Gasteiger partial charge in [-0.25, -0.2) is 4.98 Å². The molecular formula is C60H55N4OPt-3. The van der Waals surface area contributed by atoms with E-state index in [0.29, 0.717) is 11.5 Å². The molecule has 0 bridgehead atoms. The van der Waals surface area contributed by atoms with Crippen molar-refractivity contribution in [1.82, 2.24) is 9.55 Å². The molecule has 3 heterocycles. The standard InChI is InChI=1S/C60H55N4O.Pt/c1-58(2,3)42-30-31-61-56(36-42)64-52-25-17-16-24-48(52)49-29-28-46(38-55(49)64)65-47-33-43(59(4,5)6)32-45(37-47)62-39-63(54-27-19-18-26-53(54)62)57-50(40-20-12-10-13-21-40)34-44(60(7,8)9)35-51(57)41-22-14-11-15-23-41;/h10-36,39H,1-9H3;/q-3;. The number of ether oxygens (including phenoxy) is 1. The van der Waals surface area contributed by atoms with Gasteiger partial charge in [-0.1, -0.05) is 159 Å². The summed E-state index contributed by atoms with van der Waals surface area (Å²) in [6, 6.07) is 63.7. The Kier molecular flexibility index (Phi) is 11.6. The average molecular weight is 1040 g/mol. The van der Waals surface area contributed by atoms with Gasteiger partial charge in [-0.2, -0.15) is 6.07 Å². The third kappa shape index (κ3) is 8.35. The maximum Gasteiger partial charge on any atom is 0.135 e. The SMILES string of the molecule is CC(C)(C)c1cc(Oc2[c-]c3c(cc2)c2ccccc2n3-c2cc(C(C)(C)C)ccn2)[c-]c(N2[CH-]N(c3c(-c4ccccc4)cc(C(C)(C)C)cc3-c3ccccc3)c3ccccc32)c1.[Pt]. The number of hydrogen-bond donors (Lipinski definition) is 0. The molecule has 0 saturated heterocycles. The van der Waals surface area contributed by atoms with Gasteiger partial charge in [0.1, 0.15) is 5.82 Å². The van der Waals surface area contributed by atoms with Gasteiger partial charge in [0.05, 0.1) is 0 Å². The summed E-state index contributed by atoms with van der Waals surface area (Å²) in [7, 11) is 0. The first-order valence-corrected chi connectivity index (χ1v) is 22.6. The first-order chi connectivity index (χ1) is 31.1. The molecule has 0 atom stereocenters. The van der Waals surface area contributed by atoms with E-state index in [4.69, 9.17) is 9.72 Å². The predicted octanol–water partition coefficient (Wildman–Crippen LogP) is 16.2. The number of fused-ring (bicyclic) bond motifs is 4. The van der Waals surface area contributed by atoms with E-state index in [1.165, 1.54) is 22.3 Å². The molecule has 1 aliphatic heterocycles. The van der Waals surface area contributed by atoms with Gasteiger partial charge in [-0.15, -0.1) is 53.6 Å². The number of para-hydroxylation sites is 3. The quantitative estimate of drug-likeness (QED) is 0.149. The molecule has 0 N–H and O–H groups in total. The van der Waals surface area contributed by atoms with Gasteiger partial charge in [-0.3, -0.25) is 0 Å². The van der Waals surface area contributed by atoms with Crippen LogP contribution in [0, 0.1) is 18.8 Å². The topological polar surface area (TPSA) is 33.5 Å². The Bertz CT molecular complexity index is 3160.